The predicted octanol–water partition coefficient (Wildman–Crippen LogP) is 3.72. The lowest BCUT2D eigenvalue weighted by Gasteiger charge is -2.19. The first-order valence-corrected chi connectivity index (χ1v) is 7.58. The first-order valence-electron chi connectivity index (χ1n) is 7.58. The Morgan fingerprint density at radius 2 is 1.87 bits per heavy atom. The lowest BCUT2D eigenvalue weighted by molar-refractivity contribution is -0.111. The average molecular weight is 313 g/mol. The first kappa shape index (κ1) is 16.7. The number of amides is 1. The van der Waals surface area contributed by atoms with E-state index in [1.807, 2.05) is 12.1 Å². The Hall–Kier alpha value is -2.69. The average Bonchev–Trinajstić information content (AvgIpc) is 2.57. The summed E-state index contributed by atoms with van der Waals surface area (Å²) in [6, 6.07) is 9.64. The second kappa shape index (κ2) is 8.08. The zero-order valence-corrected chi connectivity index (χ0v) is 13.3. The number of benzene rings is 1. The van der Waals surface area contributed by atoms with Crippen molar-refractivity contribution in [1.82, 2.24) is 4.98 Å². The number of anilines is 2. The number of aromatic nitrogens is 1. The van der Waals surface area contributed by atoms with Crippen LogP contribution in [0.15, 0.2) is 48.7 Å². The van der Waals surface area contributed by atoms with Gasteiger partial charge >= 0.3 is 0 Å². The van der Waals surface area contributed by atoms with Crippen molar-refractivity contribution in [1.29, 1.82) is 0 Å². The molecule has 0 bridgehead atoms. The van der Waals surface area contributed by atoms with E-state index >= 15 is 0 Å². The number of carbonyl (C=O) groups is 1. The molecule has 1 amide bonds. The van der Waals surface area contributed by atoms with Crippen molar-refractivity contribution in [2.24, 2.45) is 0 Å². The van der Waals surface area contributed by atoms with E-state index in [2.05, 4.69) is 29.0 Å². The smallest absolute Gasteiger partial charge is 0.248 e. The molecular weight excluding hydrogens is 293 g/mol. The van der Waals surface area contributed by atoms with Gasteiger partial charge in [-0.25, -0.2) is 9.37 Å². The summed E-state index contributed by atoms with van der Waals surface area (Å²) < 4.78 is 12.8. The molecule has 0 fully saturated rings. The van der Waals surface area contributed by atoms with Crippen molar-refractivity contribution in [2.45, 2.75) is 13.8 Å². The maximum atomic E-state index is 12.8. The third-order valence-electron chi connectivity index (χ3n) is 3.40. The molecule has 0 unspecified atom stereocenters. The Morgan fingerprint density at radius 3 is 2.43 bits per heavy atom. The topological polar surface area (TPSA) is 45.2 Å². The van der Waals surface area contributed by atoms with E-state index in [1.54, 1.807) is 24.4 Å². The third-order valence-corrected chi connectivity index (χ3v) is 3.40. The number of carbonyl (C=O) groups excluding carboxylic acids is 1. The van der Waals surface area contributed by atoms with Crippen LogP contribution in [0.4, 0.5) is 15.9 Å². The second-order valence-electron chi connectivity index (χ2n) is 4.95. The Morgan fingerprint density at radius 1 is 1.17 bits per heavy atom. The molecule has 0 aliphatic heterocycles. The van der Waals surface area contributed by atoms with Crippen molar-refractivity contribution in [2.75, 3.05) is 23.3 Å². The number of halogens is 1. The van der Waals surface area contributed by atoms with Gasteiger partial charge in [-0.3, -0.25) is 4.79 Å². The van der Waals surface area contributed by atoms with Gasteiger partial charge in [-0.05, 0) is 49.8 Å². The van der Waals surface area contributed by atoms with Gasteiger partial charge in [-0.1, -0.05) is 12.1 Å². The monoisotopic (exact) mass is 313 g/mol. The largest absolute Gasteiger partial charge is 0.357 e. The molecule has 23 heavy (non-hydrogen) atoms. The molecule has 0 aliphatic rings. The summed E-state index contributed by atoms with van der Waals surface area (Å²) in [6.07, 6.45) is 4.68. The molecule has 0 saturated carbocycles. The number of hydrogen-bond donors (Lipinski definition) is 1. The standard InChI is InChI=1S/C18H20FN3O/c1-3-22(4-2)17-11-10-16(13-20-17)21-18(23)12-7-14-5-8-15(19)9-6-14/h5-13H,3-4H2,1-2H3,(H,21,23)/b12-7+. The van der Waals surface area contributed by atoms with Gasteiger partial charge in [-0.2, -0.15) is 0 Å². The molecule has 5 heteroatoms. The minimum absolute atomic E-state index is 0.258. The number of pyridine rings is 1. The summed E-state index contributed by atoms with van der Waals surface area (Å²) in [5.74, 6) is 0.326. The molecule has 2 aromatic rings. The van der Waals surface area contributed by atoms with E-state index in [-0.39, 0.29) is 11.7 Å². The molecule has 0 saturated heterocycles. The van der Waals surface area contributed by atoms with E-state index in [4.69, 9.17) is 0 Å². The van der Waals surface area contributed by atoms with E-state index in [1.165, 1.54) is 18.2 Å². The molecule has 0 aliphatic carbocycles. The first-order chi connectivity index (χ1) is 11.1. The van der Waals surface area contributed by atoms with Crippen molar-refractivity contribution >= 4 is 23.5 Å². The zero-order chi connectivity index (χ0) is 16.7. The van der Waals surface area contributed by atoms with E-state index < -0.39 is 0 Å². The van der Waals surface area contributed by atoms with E-state index in [0.29, 0.717) is 5.69 Å². The molecule has 0 atom stereocenters. The van der Waals surface area contributed by atoms with Gasteiger partial charge < -0.3 is 10.2 Å². The molecule has 1 aromatic heterocycles. The van der Waals surface area contributed by atoms with Crippen molar-refractivity contribution < 1.29 is 9.18 Å². The quantitative estimate of drug-likeness (QED) is 0.827. The molecule has 2 rings (SSSR count). The van der Waals surface area contributed by atoms with Crippen LogP contribution < -0.4 is 10.2 Å². The number of nitrogens with zero attached hydrogens (tertiary/aromatic N) is 2. The van der Waals surface area contributed by atoms with Gasteiger partial charge in [0.2, 0.25) is 5.91 Å². The van der Waals surface area contributed by atoms with E-state index in [0.717, 1.165) is 24.5 Å². The van der Waals surface area contributed by atoms with Crippen LogP contribution in [-0.2, 0) is 4.79 Å². The van der Waals surface area contributed by atoms with Gasteiger partial charge in [-0.15, -0.1) is 0 Å². The van der Waals surface area contributed by atoms with Gasteiger partial charge in [0.15, 0.2) is 0 Å². The fraction of sp³-hybridized carbons (Fsp3) is 0.222. The van der Waals surface area contributed by atoms with Crippen LogP contribution >= 0.6 is 0 Å². The molecular formula is C18H20FN3O. The zero-order valence-electron chi connectivity index (χ0n) is 13.3. The van der Waals surface area contributed by atoms with Gasteiger partial charge in [0, 0.05) is 19.2 Å². The molecule has 0 spiro atoms. The molecule has 1 N–H and O–H groups in total. The minimum atomic E-state index is -0.300. The Balaban J connectivity index is 1.96. The number of rotatable bonds is 6. The molecule has 0 radical (unpaired) electrons. The molecule has 1 heterocycles. The summed E-state index contributed by atoms with van der Waals surface area (Å²) >= 11 is 0. The third kappa shape index (κ3) is 4.92. The highest BCUT2D eigenvalue weighted by Gasteiger charge is 2.04. The predicted molar refractivity (Wildman–Crippen MR) is 91.9 cm³/mol. The van der Waals surface area contributed by atoms with Gasteiger partial charge in [0.1, 0.15) is 11.6 Å². The minimum Gasteiger partial charge on any atom is -0.357 e. The highest BCUT2D eigenvalue weighted by molar-refractivity contribution is 6.01. The highest BCUT2D eigenvalue weighted by atomic mass is 19.1. The maximum Gasteiger partial charge on any atom is 0.248 e. The Labute approximate surface area is 135 Å². The second-order valence-corrected chi connectivity index (χ2v) is 4.95. The lowest BCUT2D eigenvalue weighted by Crippen LogP contribution is -2.22. The summed E-state index contributed by atoms with van der Waals surface area (Å²) in [7, 11) is 0. The van der Waals surface area contributed by atoms with Crippen LogP contribution in [0.25, 0.3) is 6.08 Å². The van der Waals surface area contributed by atoms with Crippen molar-refractivity contribution in [3.8, 4) is 0 Å². The van der Waals surface area contributed by atoms with Crippen LogP contribution in [0.1, 0.15) is 19.4 Å². The van der Waals surface area contributed by atoms with Crippen molar-refractivity contribution in [3.63, 3.8) is 0 Å². The molecule has 1 aromatic carbocycles. The fourth-order valence-electron chi connectivity index (χ4n) is 2.12. The van der Waals surface area contributed by atoms with Crippen LogP contribution in [-0.4, -0.2) is 24.0 Å². The van der Waals surface area contributed by atoms with Gasteiger partial charge in [0.05, 0.1) is 11.9 Å². The maximum absolute atomic E-state index is 12.8. The highest BCUT2D eigenvalue weighted by Crippen LogP contribution is 2.14. The summed E-state index contributed by atoms with van der Waals surface area (Å²) in [4.78, 5) is 18.3. The lowest BCUT2D eigenvalue weighted by atomic mass is 10.2. The summed E-state index contributed by atoms with van der Waals surface area (Å²) in [5.41, 5.74) is 1.39. The van der Waals surface area contributed by atoms with Crippen molar-refractivity contribution in [3.05, 3.63) is 60.1 Å². The normalized spacial score (nSPS) is 10.7. The Bertz CT molecular complexity index is 662. The SMILES string of the molecule is CCN(CC)c1ccc(NC(=O)/C=C/c2ccc(F)cc2)cn1. The van der Waals surface area contributed by atoms with Gasteiger partial charge in [0.25, 0.3) is 0 Å². The number of nitrogens with one attached hydrogen (secondary N) is 1. The van der Waals surface area contributed by atoms with Crippen LogP contribution in [0.5, 0.6) is 0 Å². The molecule has 4 nitrogen and oxygen atoms in total. The van der Waals surface area contributed by atoms with Crippen LogP contribution in [0.2, 0.25) is 0 Å². The van der Waals surface area contributed by atoms with Crippen LogP contribution in [0, 0.1) is 5.82 Å². The number of hydrogen-bond acceptors (Lipinski definition) is 3. The van der Waals surface area contributed by atoms with Crippen LogP contribution in [0.3, 0.4) is 0 Å². The fourth-order valence-corrected chi connectivity index (χ4v) is 2.12. The molecule has 120 valence electrons. The summed E-state index contributed by atoms with van der Waals surface area (Å²) in [5, 5.41) is 2.74. The Kier molecular flexibility index (Phi) is 5.86. The summed E-state index contributed by atoms with van der Waals surface area (Å²) in [6.45, 7) is 5.91. The van der Waals surface area contributed by atoms with E-state index in [9.17, 15) is 9.18 Å².